The summed E-state index contributed by atoms with van der Waals surface area (Å²) in [6.07, 6.45) is 1.30. The smallest absolute Gasteiger partial charge is 0.254 e. The van der Waals surface area contributed by atoms with Crippen LogP contribution in [0.2, 0.25) is 0 Å². The van der Waals surface area contributed by atoms with Crippen molar-refractivity contribution in [2.24, 2.45) is 0 Å². The van der Waals surface area contributed by atoms with Crippen LogP contribution in [0.15, 0.2) is 42.5 Å². The molecule has 3 amide bonds. The number of hydrogen-bond acceptors (Lipinski definition) is 3. The predicted octanol–water partition coefficient (Wildman–Crippen LogP) is 2.85. The SMILES string of the molecule is O=C(CCNC(=O)c1ccc(F)cc1F)Nc1cccc(N2CCCC2=O)c1. The number of hydrogen-bond donors (Lipinski definition) is 2. The van der Waals surface area contributed by atoms with Crippen molar-refractivity contribution in [3.05, 3.63) is 59.7 Å². The Labute approximate surface area is 160 Å². The lowest BCUT2D eigenvalue weighted by atomic mass is 10.2. The second kappa shape index (κ2) is 8.60. The van der Waals surface area contributed by atoms with Crippen molar-refractivity contribution in [2.45, 2.75) is 19.3 Å². The summed E-state index contributed by atoms with van der Waals surface area (Å²) in [5, 5.41) is 5.12. The summed E-state index contributed by atoms with van der Waals surface area (Å²) in [4.78, 5) is 37.5. The minimum absolute atomic E-state index is 0.00815. The van der Waals surface area contributed by atoms with Gasteiger partial charge in [0.15, 0.2) is 0 Å². The fourth-order valence-corrected chi connectivity index (χ4v) is 2.95. The molecule has 8 heteroatoms. The van der Waals surface area contributed by atoms with Crippen molar-refractivity contribution < 1.29 is 23.2 Å². The molecule has 1 aliphatic heterocycles. The van der Waals surface area contributed by atoms with E-state index >= 15 is 0 Å². The molecule has 6 nitrogen and oxygen atoms in total. The van der Waals surface area contributed by atoms with Crippen LogP contribution >= 0.6 is 0 Å². The van der Waals surface area contributed by atoms with E-state index in [0.29, 0.717) is 24.7 Å². The zero-order chi connectivity index (χ0) is 20.1. The minimum Gasteiger partial charge on any atom is -0.351 e. The number of amides is 3. The third kappa shape index (κ3) is 4.70. The zero-order valence-corrected chi connectivity index (χ0v) is 15.0. The van der Waals surface area contributed by atoms with E-state index in [1.54, 1.807) is 29.2 Å². The van der Waals surface area contributed by atoms with E-state index in [-0.39, 0.29) is 30.3 Å². The lowest BCUT2D eigenvalue weighted by molar-refractivity contribution is -0.117. The maximum absolute atomic E-state index is 13.6. The van der Waals surface area contributed by atoms with Gasteiger partial charge in [0.05, 0.1) is 5.56 Å². The molecule has 2 N–H and O–H groups in total. The molecule has 28 heavy (non-hydrogen) atoms. The highest BCUT2D eigenvalue weighted by atomic mass is 19.1. The fourth-order valence-electron chi connectivity index (χ4n) is 2.95. The van der Waals surface area contributed by atoms with Gasteiger partial charge < -0.3 is 15.5 Å². The predicted molar refractivity (Wildman–Crippen MR) is 100.0 cm³/mol. The minimum atomic E-state index is -0.963. The molecular formula is C20H19F2N3O3. The highest BCUT2D eigenvalue weighted by Gasteiger charge is 2.21. The lowest BCUT2D eigenvalue weighted by Crippen LogP contribution is -2.28. The van der Waals surface area contributed by atoms with E-state index < -0.39 is 17.5 Å². The first-order chi connectivity index (χ1) is 13.4. The largest absolute Gasteiger partial charge is 0.351 e. The Morgan fingerprint density at radius 2 is 1.93 bits per heavy atom. The Balaban J connectivity index is 1.50. The van der Waals surface area contributed by atoms with Crippen LogP contribution in [0.4, 0.5) is 20.2 Å². The quantitative estimate of drug-likeness (QED) is 0.800. The molecule has 3 rings (SSSR count). The van der Waals surface area contributed by atoms with Crippen molar-refractivity contribution in [1.29, 1.82) is 0 Å². The van der Waals surface area contributed by atoms with Crippen LogP contribution in [0.1, 0.15) is 29.6 Å². The van der Waals surface area contributed by atoms with E-state index in [0.717, 1.165) is 24.2 Å². The Bertz CT molecular complexity index is 917. The monoisotopic (exact) mass is 387 g/mol. The van der Waals surface area contributed by atoms with Gasteiger partial charge >= 0.3 is 0 Å². The molecule has 0 saturated carbocycles. The second-order valence-electron chi connectivity index (χ2n) is 6.38. The van der Waals surface area contributed by atoms with Gasteiger partial charge in [0.2, 0.25) is 11.8 Å². The van der Waals surface area contributed by atoms with Crippen LogP contribution in [0.3, 0.4) is 0 Å². The Kier molecular flexibility index (Phi) is 5.98. The van der Waals surface area contributed by atoms with Gasteiger partial charge in [0, 0.05) is 43.4 Å². The van der Waals surface area contributed by atoms with E-state index in [1.165, 1.54) is 0 Å². The fraction of sp³-hybridized carbons (Fsp3) is 0.250. The van der Waals surface area contributed by atoms with Gasteiger partial charge in [0.1, 0.15) is 11.6 Å². The molecule has 0 aliphatic carbocycles. The molecule has 0 bridgehead atoms. The van der Waals surface area contributed by atoms with Gasteiger partial charge in [-0.3, -0.25) is 14.4 Å². The molecule has 0 unspecified atom stereocenters. The molecule has 0 radical (unpaired) electrons. The van der Waals surface area contributed by atoms with E-state index in [4.69, 9.17) is 0 Å². The summed E-state index contributed by atoms with van der Waals surface area (Å²) < 4.78 is 26.4. The maximum atomic E-state index is 13.6. The molecule has 1 saturated heterocycles. The highest BCUT2D eigenvalue weighted by molar-refractivity contribution is 5.97. The summed E-state index contributed by atoms with van der Waals surface area (Å²) in [5.41, 5.74) is 0.975. The molecular weight excluding hydrogens is 368 g/mol. The van der Waals surface area contributed by atoms with E-state index in [1.807, 2.05) is 0 Å². The van der Waals surface area contributed by atoms with Gasteiger partial charge in [-0.05, 0) is 36.8 Å². The number of anilines is 2. The third-order valence-corrected chi connectivity index (χ3v) is 4.33. The van der Waals surface area contributed by atoms with Gasteiger partial charge in [-0.15, -0.1) is 0 Å². The summed E-state index contributed by atoms with van der Waals surface area (Å²) in [6.45, 7) is 0.647. The number of rotatable bonds is 6. The Morgan fingerprint density at radius 1 is 1.11 bits per heavy atom. The zero-order valence-electron chi connectivity index (χ0n) is 15.0. The number of carbonyl (C=O) groups excluding carboxylic acids is 3. The van der Waals surface area contributed by atoms with E-state index in [2.05, 4.69) is 10.6 Å². The van der Waals surface area contributed by atoms with Gasteiger partial charge in [0.25, 0.3) is 5.91 Å². The van der Waals surface area contributed by atoms with Crippen molar-refractivity contribution >= 4 is 29.1 Å². The number of halogens is 2. The first kappa shape index (κ1) is 19.5. The summed E-state index contributed by atoms with van der Waals surface area (Å²) in [5.74, 6) is -2.75. The highest BCUT2D eigenvalue weighted by Crippen LogP contribution is 2.24. The summed E-state index contributed by atoms with van der Waals surface area (Å²) in [7, 11) is 0. The summed E-state index contributed by atoms with van der Waals surface area (Å²) >= 11 is 0. The van der Waals surface area contributed by atoms with Gasteiger partial charge in [-0.25, -0.2) is 8.78 Å². The normalized spacial score (nSPS) is 13.5. The van der Waals surface area contributed by atoms with Crippen molar-refractivity contribution in [3.63, 3.8) is 0 Å². The molecule has 146 valence electrons. The van der Waals surface area contributed by atoms with Crippen LogP contribution in [-0.4, -0.2) is 30.8 Å². The number of carbonyl (C=O) groups is 3. The van der Waals surface area contributed by atoms with Crippen LogP contribution < -0.4 is 15.5 Å². The number of nitrogens with one attached hydrogen (secondary N) is 2. The van der Waals surface area contributed by atoms with Crippen LogP contribution in [0.5, 0.6) is 0 Å². The Hall–Kier alpha value is -3.29. The Morgan fingerprint density at radius 3 is 2.64 bits per heavy atom. The summed E-state index contributed by atoms with van der Waals surface area (Å²) in [6, 6.07) is 9.63. The van der Waals surface area contributed by atoms with Crippen molar-refractivity contribution in [1.82, 2.24) is 5.32 Å². The second-order valence-corrected chi connectivity index (χ2v) is 6.38. The average molecular weight is 387 g/mol. The molecule has 1 fully saturated rings. The average Bonchev–Trinajstić information content (AvgIpc) is 3.07. The van der Waals surface area contributed by atoms with Crippen molar-refractivity contribution in [3.8, 4) is 0 Å². The van der Waals surface area contributed by atoms with Crippen LogP contribution in [0.25, 0.3) is 0 Å². The van der Waals surface area contributed by atoms with E-state index in [9.17, 15) is 23.2 Å². The van der Waals surface area contributed by atoms with Crippen LogP contribution in [0, 0.1) is 11.6 Å². The van der Waals surface area contributed by atoms with Crippen molar-refractivity contribution in [2.75, 3.05) is 23.3 Å². The standard InChI is InChI=1S/C20H19F2N3O3/c21-13-6-7-16(17(22)11-13)20(28)23-9-8-18(26)24-14-3-1-4-15(12-14)25-10-2-5-19(25)27/h1,3-4,6-7,11-12H,2,5,8-10H2,(H,23,28)(H,24,26). The topological polar surface area (TPSA) is 78.5 Å². The molecule has 0 atom stereocenters. The number of benzene rings is 2. The number of nitrogens with zero attached hydrogens (tertiary/aromatic N) is 1. The molecule has 2 aromatic rings. The lowest BCUT2D eigenvalue weighted by Gasteiger charge is -2.16. The molecule has 0 aromatic heterocycles. The molecule has 1 aliphatic rings. The third-order valence-electron chi connectivity index (χ3n) is 4.33. The first-order valence-electron chi connectivity index (χ1n) is 8.87. The van der Waals surface area contributed by atoms with Gasteiger partial charge in [-0.2, -0.15) is 0 Å². The molecule has 2 aromatic carbocycles. The van der Waals surface area contributed by atoms with Gasteiger partial charge in [-0.1, -0.05) is 6.07 Å². The molecule has 0 spiro atoms. The first-order valence-corrected chi connectivity index (χ1v) is 8.87. The molecule has 1 heterocycles. The van der Waals surface area contributed by atoms with Crippen LogP contribution in [-0.2, 0) is 9.59 Å². The maximum Gasteiger partial charge on any atom is 0.254 e.